The van der Waals surface area contributed by atoms with Crippen LogP contribution in [-0.2, 0) is 17.8 Å². The number of rotatable bonds is 5. The fraction of sp³-hybridized carbons (Fsp3) is 0.250. The van der Waals surface area contributed by atoms with Crippen LogP contribution in [0.2, 0.25) is 0 Å². The number of aromatic nitrogens is 3. The summed E-state index contributed by atoms with van der Waals surface area (Å²) in [5.41, 5.74) is 1.14. The molecule has 17 heavy (non-hydrogen) atoms. The van der Waals surface area contributed by atoms with Crippen molar-refractivity contribution in [1.82, 2.24) is 14.8 Å². The first-order valence-electron chi connectivity index (χ1n) is 5.38. The van der Waals surface area contributed by atoms with Crippen LogP contribution in [-0.4, -0.2) is 25.8 Å². The minimum Gasteiger partial charge on any atom is -0.481 e. The van der Waals surface area contributed by atoms with Crippen molar-refractivity contribution in [2.24, 2.45) is 0 Å². The van der Waals surface area contributed by atoms with Gasteiger partial charge in [0.15, 0.2) is 0 Å². The van der Waals surface area contributed by atoms with Crippen LogP contribution < -0.4 is 0 Å². The third kappa shape index (κ3) is 3.14. The zero-order chi connectivity index (χ0) is 12.1. The first kappa shape index (κ1) is 11.3. The number of hydrogen-bond donors (Lipinski definition) is 1. The molecule has 0 bridgehead atoms. The Morgan fingerprint density at radius 3 is 2.76 bits per heavy atom. The Hall–Kier alpha value is -2.17. The number of aryl methyl sites for hydroxylation is 1. The molecule has 0 radical (unpaired) electrons. The van der Waals surface area contributed by atoms with Gasteiger partial charge in [-0.15, -0.1) is 10.2 Å². The highest BCUT2D eigenvalue weighted by molar-refractivity contribution is 5.66. The molecule has 0 saturated carbocycles. The van der Waals surface area contributed by atoms with Crippen LogP contribution in [0.15, 0.2) is 36.7 Å². The summed E-state index contributed by atoms with van der Waals surface area (Å²) < 4.78 is 1.87. The highest BCUT2D eigenvalue weighted by Gasteiger charge is 2.07. The maximum atomic E-state index is 10.5. The predicted molar refractivity (Wildman–Crippen MR) is 61.5 cm³/mol. The van der Waals surface area contributed by atoms with Crippen LogP contribution in [0.4, 0.5) is 0 Å². The Morgan fingerprint density at radius 1 is 1.29 bits per heavy atom. The van der Waals surface area contributed by atoms with Gasteiger partial charge >= 0.3 is 5.97 Å². The molecule has 0 aliphatic rings. The Kier molecular flexibility index (Phi) is 3.49. The molecule has 0 amide bonds. The van der Waals surface area contributed by atoms with E-state index >= 15 is 0 Å². The van der Waals surface area contributed by atoms with Crippen molar-refractivity contribution in [3.63, 3.8) is 0 Å². The number of carboxylic acid groups (broad SMARTS) is 1. The van der Waals surface area contributed by atoms with Crippen LogP contribution in [0, 0.1) is 0 Å². The zero-order valence-corrected chi connectivity index (χ0v) is 9.28. The lowest BCUT2D eigenvalue weighted by atomic mass is 10.2. The van der Waals surface area contributed by atoms with Crippen LogP contribution in [0.5, 0.6) is 0 Å². The van der Waals surface area contributed by atoms with Crippen LogP contribution in [0.3, 0.4) is 0 Å². The molecule has 2 aromatic rings. The number of carboxylic acids is 1. The van der Waals surface area contributed by atoms with E-state index in [1.165, 1.54) is 0 Å². The minimum absolute atomic E-state index is 0.0769. The maximum Gasteiger partial charge on any atom is 0.303 e. The Morgan fingerprint density at radius 2 is 2.06 bits per heavy atom. The van der Waals surface area contributed by atoms with Gasteiger partial charge in [-0.2, -0.15) is 0 Å². The van der Waals surface area contributed by atoms with Crippen LogP contribution in [0.25, 0.3) is 0 Å². The summed E-state index contributed by atoms with van der Waals surface area (Å²) in [5, 5.41) is 16.4. The van der Waals surface area contributed by atoms with E-state index in [4.69, 9.17) is 5.11 Å². The molecule has 0 aliphatic heterocycles. The molecule has 5 heteroatoms. The van der Waals surface area contributed by atoms with Gasteiger partial charge in [0.2, 0.25) is 0 Å². The largest absolute Gasteiger partial charge is 0.481 e. The number of carbonyl (C=O) groups is 1. The van der Waals surface area contributed by atoms with Crippen molar-refractivity contribution in [3.05, 3.63) is 48.0 Å². The van der Waals surface area contributed by atoms with Gasteiger partial charge in [-0.3, -0.25) is 4.79 Å². The maximum absolute atomic E-state index is 10.5. The average Bonchev–Trinajstić information content (AvgIpc) is 2.75. The highest BCUT2D eigenvalue weighted by atomic mass is 16.4. The van der Waals surface area contributed by atoms with E-state index in [0.717, 1.165) is 5.56 Å². The van der Waals surface area contributed by atoms with E-state index in [9.17, 15) is 4.79 Å². The summed E-state index contributed by atoms with van der Waals surface area (Å²) in [6, 6.07) is 9.93. The Bertz CT molecular complexity index is 493. The first-order valence-corrected chi connectivity index (χ1v) is 5.38. The van der Waals surface area contributed by atoms with Crippen molar-refractivity contribution >= 4 is 5.97 Å². The number of hydrogen-bond acceptors (Lipinski definition) is 3. The summed E-state index contributed by atoms with van der Waals surface area (Å²) in [6.07, 6.45) is 2.11. The summed E-state index contributed by atoms with van der Waals surface area (Å²) in [5.74, 6) is -0.115. The second-order valence-electron chi connectivity index (χ2n) is 3.75. The second-order valence-corrected chi connectivity index (χ2v) is 3.75. The van der Waals surface area contributed by atoms with Gasteiger partial charge in [0.05, 0.1) is 13.0 Å². The third-order valence-corrected chi connectivity index (χ3v) is 2.45. The average molecular weight is 231 g/mol. The van der Waals surface area contributed by atoms with E-state index in [0.29, 0.717) is 18.8 Å². The van der Waals surface area contributed by atoms with E-state index < -0.39 is 5.97 Å². The van der Waals surface area contributed by atoms with E-state index in [1.54, 1.807) is 6.33 Å². The molecule has 5 nitrogen and oxygen atoms in total. The monoisotopic (exact) mass is 231 g/mol. The first-order chi connectivity index (χ1) is 8.25. The molecule has 1 N–H and O–H groups in total. The van der Waals surface area contributed by atoms with Crippen molar-refractivity contribution in [2.45, 2.75) is 19.4 Å². The molecule has 1 aromatic carbocycles. The van der Waals surface area contributed by atoms with Crippen molar-refractivity contribution in [3.8, 4) is 0 Å². The van der Waals surface area contributed by atoms with Gasteiger partial charge in [-0.05, 0) is 5.56 Å². The topological polar surface area (TPSA) is 68.0 Å². The Labute approximate surface area is 98.7 Å². The zero-order valence-electron chi connectivity index (χ0n) is 9.28. The van der Waals surface area contributed by atoms with Crippen LogP contribution >= 0.6 is 0 Å². The number of benzene rings is 1. The normalized spacial score (nSPS) is 10.4. The second kappa shape index (κ2) is 5.25. The van der Waals surface area contributed by atoms with E-state index in [-0.39, 0.29) is 6.42 Å². The summed E-state index contributed by atoms with van der Waals surface area (Å²) in [7, 11) is 0. The molecular weight excluding hydrogens is 218 g/mol. The van der Waals surface area contributed by atoms with Crippen molar-refractivity contribution in [1.29, 1.82) is 0 Å². The summed E-state index contributed by atoms with van der Waals surface area (Å²) in [4.78, 5) is 10.5. The van der Waals surface area contributed by atoms with Gasteiger partial charge < -0.3 is 9.67 Å². The lowest BCUT2D eigenvalue weighted by Crippen LogP contribution is -2.07. The molecule has 0 aliphatic carbocycles. The number of nitrogens with zero attached hydrogens (tertiary/aromatic N) is 3. The highest BCUT2D eigenvalue weighted by Crippen LogP contribution is 2.05. The van der Waals surface area contributed by atoms with Gasteiger partial charge in [-0.1, -0.05) is 30.3 Å². The summed E-state index contributed by atoms with van der Waals surface area (Å²) in [6.45, 7) is 0.669. The fourth-order valence-corrected chi connectivity index (χ4v) is 1.60. The smallest absolute Gasteiger partial charge is 0.303 e. The molecule has 1 heterocycles. The SMILES string of the molecule is O=C(O)CCc1nncn1Cc1ccccc1. The number of aliphatic carboxylic acids is 1. The van der Waals surface area contributed by atoms with E-state index in [2.05, 4.69) is 10.2 Å². The van der Waals surface area contributed by atoms with Gasteiger partial charge in [0.25, 0.3) is 0 Å². The molecule has 2 rings (SSSR count). The van der Waals surface area contributed by atoms with E-state index in [1.807, 2.05) is 34.9 Å². The molecule has 88 valence electrons. The molecule has 0 atom stereocenters. The Balaban J connectivity index is 2.06. The predicted octanol–water partition coefficient (Wildman–Crippen LogP) is 1.34. The van der Waals surface area contributed by atoms with Crippen molar-refractivity contribution in [2.75, 3.05) is 0 Å². The van der Waals surface area contributed by atoms with Crippen LogP contribution in [0.1, 0.15) is 17.8 Å². The third-order valence-electron chi connectivity index (χ3n) is 2.45. The lowest BCUT2D eigenvalue weighted by molar-refractivity contribution is -0.137. The molecule has 0 unspecified atom stereocenters. The van der Waals surface area contributed by atoms with Crippen molar-refractivity contribution < 1.29 is 9.90 Å². The lowest BCUT2D eigenvalue weighted by Gasteiger charge is -2.05. The molecule has 0 fully saturated rings. The van der Waals surface area contributed by atoms with Gasteiger partial charge in [0.1, 0.15) is 12.2 Å². The molecule has 1 aromatic heterocycles. The quantitative estimate of drug-likeness (QED) is 0.843. The van der Waals surface area contributed by atoms with Gasteiger partial charge in [0, 0.05) is 6.42 Å². The summed E-state index contributed by atoms with van der Waals surface area (Å²) >= 11 is 0. The standard InChI is InChI=1S/C12H13N3O2/c16-12(17)7-6-11-14-13-9-15(11)8-10-4-2-1-3-5-10/h1-5,9H,6-8H2,(H,16,17). The molecular formula is C12H13N3O2. The minimum atomic E-state index is -0.820. The van der Waals surface area contributed by atoms with Gasteiger partial charge in [-0.25, -0.2) is 0 Å². The fourth-order valence-electron chi connectivity index (χ4n) is 1.60. The molecule has 0 saturated heterocycles. The molecule has 0 spiro atoms.